The molecule has 0 fully saturated rings. The Kier molecular flexibility index (Phi) is 5.56. The monoisotopic (exact) mass is 432 g/mol. The largest absolute Gasteiger partial charge is 0.542 e. The first-order valence-corrected chi connectivity index (χ1v) is 9.34. The second-order valence-corrected chi connectivity index (χ2v) is 7.64. The molecule has 6 nitrogen and oxygen atoms in total. The van der Waals surface area contributed by atoms with Gasteiger partial charge < -0.3 is 14.5 Å². The maximum absolute atomic E-state index is 10.5. The van der Waals surface area contributed by atoms with E-state index in [1.807, 2.05) is 12.4 Å². The molecule has 4 heterocycles. The molecule has 1 N–H and O–H groups in total. The highest BCUT2D eigenvalue weighted by molar-refractivity contribution is 5.89. The highest BCUT2D eigenvalue weighted by Gasteiger charge is 2.42. The summed E-state index contributed by atoms with van der Waals surface area (Å²) in [5.41, 5.74) is 5.29. The zero-order chi connectivity index (χ0) is 21.7. The van der Waals surface area contributed by atoms with Crippen LogP contribution in [0, 0.1) is 0 Å². The molecule has 2 aliphatic rings. The van der Waals surface area contributed by atoms with E-state index in [0.717, 1.165) is 18.8 Å². The maximum Gasteiger partial charge on any atom is 0.430 e. The van der Waals surface area contributed by atoms with Crippen LogP contribution in [0.1, 0.15) is 33.4 Å². The van der Waals surface area contributed by atoms with Crippen molar-refractivity contribution in [2.45, 2.75) is 46.0 Å². The summed E-state index contributed by atoms with van der Waals surface area (Å²) in [4.78, 5) is 13.1. The third-order valence-corrected chi connectivity index (χ3v) is 5.54. The topological polar surface area (TPSA) is 73.9 Å². The number of halogens is 3. The highest BCUT2D eigenvalue weighted by Crippen LogP contribution is 2.40. The Morgan fingerprint density at radius 1 is 1.29 bits per heavy atom. The summed E-state index contributed by atoms with van der Waals surface area (Å²) < 4.78 is 36.3. The number of benzene rings is 1. The smallest absolute Gasteiger partial charge is 0.430 e. The number of nitrogens with one attached hydrogen (secondary N) is 1. The van der Waals surface area contributed by atoms with E-state index >= 15 is 0 Å². The van der Waals surface area contributed by atoms with Gasteiger partial charge in [-0.15, -0.1) is 0 Å². The Balaban J connectivity index is 0.000000299. The molecule has 5 rings (SSSR count). The standard InChI is InChI=1S/C19H18N4.C2HF3O2.CH4/c1-19(2)14-7-9-22-15-6-4-3-5-13(15)11-16(22)18(14)21-17-12-20-8-10-23(17)19;3-2(4,5)1(6)7;/h3-6,8,10-12H,7,9H2,1-2H3;(H,6,7);1H4. The number of nitrogens with zero attached hydrogens (tertiary/aromatic N) is 3. The Morgan fingerprint density at radius 2 is 1.97 bits per heavy atom. The molecular formula is C22H23F3N4O2. The molecule has 31 heavy (non-hydrogen) atoms. The van der Waals surface area contributed by atoms with Crippen LogP contribution in [0.5, 0.6) is 0 Å². The number of carbonyl (C=O) groups is 1. The molecule has 0 amide bonds. The van der Waals surface area contributed by atoms with Crippen LogP contribution in [0.3, 0.4) is 0 Å². The number of hydrogen-bond acceptors (Lipinski definition) is 4. The van der Waals surface area contributed by atoms with Crippen molar-refractivity contribution < 1.29 is 27.6 Å². The second kappa shape index (κ2) is 7.72. The van der Waals surface area contributed by atoms with Crippen molar-refractivity contribution in [3.8, 4) is 0 Å². The lowest BCUT2D eigenvalue weighted by atomic mass is 9.85. The predicted molar refractivity (Wildman–Crippen MR) is 109 cm³/mol. The molecule has 0 saturated carbocycles. The summed E-state index contributed by atoms with van der Waals surface area (Å²) in [5, 5.41) is 13.7. The molecule has 2 aliphatic heterocycles. The lowest BCUT2D eigenvalue weighted by molar-refractivity contribution is -0.737. The minimum absolute atomic E-state index is 0. The van der Waals surface area contributed by atoms with Crippen molar-refractivity contribution in [3.63, 3.8) is 0 Å². The zero-order valence-electron chi connectivity index (χ0n) is 16.3. The SMILES string of the molecule is C.CC1(C)C2=C(Nc3cncc[n+]31)c1cc3ccccc3n1CC2.O=C([O-])C(F)(F)F. The molecule has 0 bridgehead atoms. The van der Waals surface area contributed by atoms with Crippen molar-refractivity contribution in [3.05, 3.63) is 60.2 Å². The number of para-hydroxylation sites is 1. The van der Waals surface area contributed by atoms with Crippen LogP contribution < -0.4 is 15.0 Å². The van der Waals surface area contributed by atoms with E-state index in [0.29, 0.717) is 0 Å². The maximum atomic E-state index is 10.5. The van der Waals surface area contributed by atoms with Crippen molar-refractivity contribution in [1.29, 1.82) is 0 Å². The first kappa shape index (κ1) is 22.3. The van der Waals surface area contributed by atoms with Gasteiger partial charge in [-0.2, -0.15) is 13.2 Å². The van der Waals surface area contributed by atoms with E-state index in [9.17, 15) is 13.2 Å². The van der Waals surface area contributed by atoms with Gasteiger partial charge in [-0.3, -0.25) is 4.98 Å². The van der Waals surface area contributed by atoms with Crippen LogP contribution in [-0.2, 0) is 16.9 Å². The van der Waals surface area contributed by atoms with E-state index in [1.54, 1.807) is 0 Å². The van der Waals surface area contributed by atoms with Crippen LogP contribution in [0.4, 0.5) is 19.0 Å². The number of carboxylic acid groups (broad SMARTS) is 1. The summed E-state index contributed by atoms with van der Waals surface area (Å²) in [6.07, 6.45) is 1.71. The van der Waals surface area contributed by atoms with Gasteiger partial charge in [-0.1, -0.05) is 25.6 Å². The van der Waals surface area contributed by atoms with Crippen LogP contribution in [0.2, 0.25) is 0 Å². The van der Waals surface area contributed by atoms with Gasteiger partial charge in [0.05, 0.1) is 11.9 Å². The molecule has 9 heteroatoms. The fourth-order valence-corrected chi connectivity index (χ4v) is 4.13. The molecule has 2 aromatic heterocycles. The first-order valence-electron chi connectivity index (χ1n) is 9.34. The van der Waals surface area contributed by atoms with Gasteiger partial charge in [0.1, 0.15) is 23.9 Å². The average Bonchev–Trinajstić information content (AvgIpc) is 3.07. The number of aromatic nitrogens is 3. The minimum Gasteiger partial charge on any atom is -0.542 e. The third-order valence-electron chi connectivity index (χ3n) is 5.54. The minimum atomic E-state index is -5.19. The number of carboxylic acids is 1. The van der Waals surface area contributed by atoms with Crippen molar-refractivity contribution in [2.75, 3.05) is 5.32 Å². The lowest BCUT2D eigenvalue weighted by Gasteiger charge is -2.35. The van der Waals surface area contributed by atoms with Crippen LogP contribution in [0.25, 0.3) is 16.6 Å². The van der Waals surface area contributed by atoms with Crippen LogP contribution in [-0.4, -0.2) is 21.7 Å². The Morgan fingerprint density at radius 3 is 2.65 bits per heavy atom. The molecule has 1 aromatic carbocycles. The Hall–Kier alpha value is -3.36. The number of aliphatic carboxylic acids is 1. The highest BCUT2D eigenvalue weighted by atomic mass is 19.4. The number of aryl methyl sites for hydroxylation is 1. The van der Waals surface area contributed by atoms with Crippen molar-refractivity contribution in [1.82, 2.24) is 9.55 Å². The first-order chi connectivity index (χ1) is 14.1. The fraction of sp³-hybridized carbons (Fsp3) is 0.318. The predicted octanol–water partition coefficient (Wildman–Crippen LogP) is 3.23. The van der Waals surface area contributed by atoms with Crippen LogP contribution in [0.15, 0.2) is 54.5 Å². The Labute approximate surface area is 177 Å². The van der Waals surface area contributed by atoms with Gasteiger partial charge in [0.25, 0.3) is 5.82 Å². The number of allylic oxidation sites excluding steroid dienone is 1. The normalized spacial score (nSPS) is 16.0. The lowest BCUT2D eigenvalue weighted by Crippen LogP contribution is -2.58. The van der Waals surface area contributed by atoms with Crippen molar-refractivity contribution >= 4 is 28.4 Å². The molecule has 3 aromatic rings. The van der Waals surface area contributed by atoms with Gasteiger partial charge in [0.15, 0.2) is 5.70 Å². The van der Waals surface area contributed by atoms with Gasteiger partial charge in [0, 0.05) is 23.0 Å². The van der Waals surface area contributed by atoms with Gasteiger partial charge in [-0.05, 0) is 32.4 Å². The molecule has 164 valence electrons. The molecule has 0 saturated heterocycles. The number of alkyl halides is 3. The molecule has 0 atom stereocenters. The molecule has 0 radical (unpaired) electrons. The molecule has 0 spiro atoms. The Bertz CT molecular complexity index is 1180. The summed E-state index contributed by atoms with van der Waals surface area (Å²) >= 11 is 0. The third kappa shape index (κ3) is 3.75. The number of fused-ring (bicyclic) bond motifs is 5. The molecular weight excluding hydrogens is 409 g/mol. The van der Waals surface area contributed by atoms with E-state index in [2.05, 4.69) is 69.8 Å². The summed E-state index contributed by atoms with van der Waals surface area (Å²) in [6, 6.07) is 10.9. The zero-order valence-corrected chi connectivity index (χ0v) is 16.3. The van der Waals surface area contributed by atoms with Gasteiger partial charge in [-0.25, -0.2) is 9.88 Å². The molecule has 0 aliphatic carbocycles. The number of hydrogen-bond donors (Lipinski definition) is 1. The van der Waals surface area contributed by atoms with Gasteiger partial charge in [0.2, 0.25) is 0 Å². The van der Waals surface area contributed by atoms with Gasteiger partial charge >= 0.3 is 6.18 Å². The summed E-state index contributed by atoms with van der Waals surface area (Å²) in [7, 11) is 0. The quantitative estimate of drug-likeness (QED) is 0.554. The average molecular weight is 432 g/mol. The summed E-state index contributed by atoms with van der Waals surface area (Å²) in [6.45, 7) is 5.63. The summed E-state index contributed by atoms with van der Waals surface area (Å²) in [5.74, 6) is -1.96. The van der Waals surface area contributed by atoms with E-state index in [1.165, 1.54) is 27.9 Å². The van der Waals surface area contributed by atoms with E-state index in [4.69, 9.17) is 9.90 Å². The van der Waals surface area contributed by atoms with Crippen molar-refractivity contribution in [2.24, 2.45) is 0 Å². The number of rotatable bonds is 0. The van der Waals surface area contributed by atoms with E-state index in [-0.39, 0.29) is 13.0 Å². The fourth-order valence-electron chi connectivity index (χ4n) is 4.13. The number of anilines is 1. The second-order valence-electron chi connectivity index (χ2n) is 7.64. The van der Waals surface area contributed by atoms with Crippen LogP contribution >= 0.6 is 0 Å². The van der Waals surface area contributed by atoms with E-state index < -0.39 is 12.1 Å². The molecule has 0 unspecified atom stereocenters. The number of carbonyl (C=O) groups excluding carboxylic acids is 1.